The van der Waals surface area contributed by atoms with Gasteiger partial charge in [-0.15, -0.1) is 0 Å². The van der Waals surface area contributed by atoms with Gasteiger partial charge in [0.25, 0.3) is 5.91 Å². The molecule has 0 saturated heterocycles. The van der Waals surface area contributed by atoms with E-state index in [1.807, 2.05) is 48.7 Å². The number of hydrogen-bond acceptors (Lipinski definition) is 5. The molecule has 8 heteroatoms. The predicted molar refractivity (Wildman–Crippen MR) is 122 cm³/mol. The van der Waals surface area contributed by atoms with Crippen molar-refractivity contribution in [3.8, 4) is 5.75 Å². The first kappa shape index (κ1) is 21.8. The Bertz CT molecular complexity index is 1160. The molecule has 5 nitrogen and oxygen atoms in total. The van der Waals surface area contributed by atoms with Gasteiger partial charge in [-0.3, -0.25) is 10.2 Å². The average Bonchev–Trinajstić information content (AvgIpc) is 3.05. The maximum atomic E-state index is 13.7. The number of carbonyl (C=O) groups excluding carboxylic acids is 1. The number of anilines is 1. The fourth-order valence-electron chi connectivity index (χ4n) is 3.34. The number of benzene rings is 3. The number of nitrogens with zero attached hydrogens (tertiary/aromatic N) is 2. The smallest absolute Gasteiger partial charge is 0.279 e. The molecule has 3 aromatic carbocycles. The van der Waals surface area contributed by atoms with E-state index in [0.29, 0.717) is 5.17 Å². The summed E-state index contributed by atoms with van der Waals surface area (Å²) in [5.41, 5.74) is 4.33. The van der Waals surface area contributed by atoms with Gasteiger partial charge in [-0.05, 0) is 48.6 Å². The van der Waals surface area contributed by atoms with Crippen molar-refractivity contribution in [3.05, 3.63) is 95.6 Å². The Morgan fingerprint density at radius 3 is 2.44 bits per heavy atom. The highest BCUT2D eigenvalue weighted by atomic mass is 32.2. The molecule has 1 aliphatic heterocycles. The van der Waals surface area contributed by atoms with Gasteiger partial charge in [-0.2, -0.15) is 5.01 Å². The number of aliphatic imine (C=N–C) groups is 1. The summed E-state index contributed by atoms with van der Waals surface area (Å²) in [5, 5.41) is 2.04. The van der Waals surface area contributed by atoms with Gasteiger partial charge < -0.3 is 4.74 Å². The second-order valence-corrected chi connectivity index (χ2v) is 8.12. The second-order valence-electron chi connectivity index (χ2n) is 7.35. The molecule has 1 heterocycles. The van der Waals surface area contributed by atoms with Crippen LogP contribution >= 0.6 is 11.8 Å². The van der Waals surface area contributed by atoms with E-state index in [-0.39, 0.29) is 18.3 Å². The van der Waals surface area contributed by atoms with Crippen LogP contribution in [0.3, 0.4) is 0 Å². The van der Waals surface area contributed by atoms with Crippen LogP contribution in [0.15, 0.2) is 77.8 Å². The van der Waals surface area contributed by atoms with Crippen LogP contribution in [0.25, 0.3) is 0 Å². The van der Waals surface area contributed by atoms with Gasteiger partial charge in [-0.1, -0.05) is 54.2 Å². The number of amidine groups is 1. The van der Waals surface area contributed by atoms with Crippen LogP contribution in [-0.2, 0) is 16.9 Å². The van der Waals surface area contributed by atoms with Gasteiger partial charge in [0.05, 0.1) is 5.69 Å². The fourth-order valence-corrected chi connectivity index (χ4v) is 3.92. The maximum Gasteiger partial charge on any atom is 0.279 e. The summed E-state index contributed by atoms with van der Waals surface area (Å²) in [5.74, 6) is -1.63. The van der Waals surface area contributed by atoms with Crippen molar-refractivity contribution < 1.29 is 18.3 Å². The van der Waals surface area contributed by atoms with Crippen LogP contribution in [0, 0.1) is 11.6 Å². The molecule has 0 saturated carbocycles. The molecule has 32 heavy (non-hydrogen) atoms. The second kappa shape index (κ2) is 9.00. The van der Waals surface area contributed by atoms with Crippen LogP contribution in [0.5, 0.6) is 5.75 Å². The number of rotatable bonds is 6. The van der Waals surface area contributed by atoms with Crippen LogP contribution in [-0.4, -0.2) is 22.3 Å². The van der Waals surface area contributed by atoms with E-state index in [0.717, 1.165) is 28.9 Å². The quantitative estimate of drug-likeness (QED) is 0.547. The lowest BCUT2D eigenvalue weighted by Gasteiger charge is -2.24. The molecule has 0 radical (unpaired) electrons. The normalized spacial score (nSPS) is 17.9. The largest absolute Gasteiger partial charge is 0.486 e. The molecule has 0 aliphatic carbocycles. The molecule has 1 N–H and O–H groups in total. The highest BCUT2D eigenvalue weighted by Crippen LogP contribution is 2.36. The molecule has 0 aromatic heterocycles. The molecule has 164 valence electrons. The van der Waals surface area contributed by atoms with E-state index in [2.05, 4.69) is 10.4 Å². The summed E-state index contributed by atoms with van der Waals surface area (Å²) in [7, 11) is 0. The van der Waals surface area contributed by atoms with Crippen molar-refractivity contribution in [2.45, 2.75) is 19.1 Å². The Balaban J connectivity index is 1.50. The number of hydrogen-bond donors (Lipinski definition) is 1. The van der Waals surface area contributed by atoms with Crippen LogP contribution < -0.4 is 10.2 Å². The summed E-state index contributed by atoms with van der Waals surface area (Å²) in [6.45, 7) is 1.88. The van der Waals surface area contributed by atoms with Crippen molar-refractivity contribution in [2.24, 2.45) is 4.99 Å². The van der Waals surface area contributed by atoms with E-state index < -0.39 is 17.2 Å². The first-order valence-electron chi connectivity index (χ1n) is 9.88. The van der Waals surface area contributed by atoms with Crippen molar-refractivity contribution in [3.63, 3.8) is 0 Å². The summed E-state index contributed by atoms with van der Waals surface area (Å²) in [6.07, 6.45) is 1.87. The monoisotopic (exact) mass is 453 g/mol. The number of thioether (sulfide) groups is 1. The third-order valence-corrected chi connectivity index (χ3v) is 5.77. The lowest BCUT2D eigenvalue weighted by Crippen LogP contribution is -2.42. The molecule has 1 aliphatic rings. The van der Waals surface area contributed by atoms with Gasteiger partial charge in [0.2, 0.25) is 0 Å². The Morgan fingerprint density at radius 1 is 1.06 bits per heavy atom. The van der Waals surface area contributed by atoms with Crippen molar-refractivity contribution >= 4 is 28.5 Å². The van der Waals surface area contributed by atoms with E-state index in [4.69, 9.17) is 4.74 Å². The molecule has 0 spiro atoms. The molecule has 1 atom stereocenters. The summed E-state index contributed by atoms with van der Waals surface area (Å²) < 4.78 is 32.2. The predicted octanol–water partition coefficient (Wildman–Crippen LogP) is 5.35. The zero-order chi connectivity index (χ0) is 22.7. The van der Waals surface area contributed by atoms with E-state index in [1.54, 1.807) is 19.1 Å². The van der Waals surface area contributed by atoms with Gasteiger partial charge >= 0.3 is 0 Å². The van der Waals surface area contributed by atoms with Gasteiger partial charge in [-0.25, -0.2) is 13.8 Å². The Morgan fingerprint density at radius 2 is 1.78 bits per heavy atom. The SMILES string of the molecule is CSC1=NC(C)(c2ccc(COc3ccc(F)cc3F)cc2)C(=O)N1Nc1ccccc1. The Kier molecular flexibility index (Phi) is 6.14. The molecular formula is C24H21F2N3O2S. The number of nitrogens with one attached hydrogen (secondary N) is 1. The van der Waals surface area contributed by atoms with Crippen molar-refractivity contribution in [2.75, 3.05) is 11.7 Å². The lowest BCUT2D eigenvalue weighted by atomic mass is 9.92. The minimum atomic E-state index is -1.08. The van der Waals surface area contributed by atoms with Crippen LogP contribution in [0.2, 0.25) is 0 Å². The molecular weight excluding hydrogens is 432 g/mol. The zero-order valence-corrected chi connectivity index (χ0v) is 18.3. The third-order valence-electron chi connectivity index (χ3n) is 5.13. The highest BCUT2D eigenvalue weighted by molar-refractivity contribution is 8.13. The molecule has 0 fully saturated rings. The van der Waals surface area contributed by atoms with Gasteiger partial charge in [0.15, 0.2) is 22.3 Å². The average molecular weight is 454 g/mol. The number of halogens is 2. The van der Waals surface area contributed by atoms with Crippen molar-refractivity contribution in [1.29, 1.82) is 0 Å². The Labute approximate surface area is 189 Å². The minimum Gasteiger partial charge on any atom is -0.486 e. The molecule has 0 bridgehead atoms. The summed E-state index contributed by atoms with van der Waals surface area (Å²) >= 11 is 1.38. The van der Waals surface area contributed by atoms with Crippen LogP contribution in [0.1, 0.15) is 18.1 Å². The highest BCUT2D eigenvalue weighted by Gasteiger charge is 2.46. The number of para-hydroxylation sites is 1. The van der Waals surface area contributed by atoms with Gasteiger partial charge in [0.1, 0.15) is 12.4 Å². The van der Waals surface area contributed by atoms with Crippen LogP contribution in [0.4, 0.5) is 14.5 Å². The fraction of sp³-hybridized carbons (Fsp3) is 0.167. The van der Waals surface area contributed by atoms with Gasteiger partial charge in [0, 0.05) is 6.07 Å². The zero-order valence-electron chi connectivity index (χ0n) is 17.5. The number of carbonyl (C=O) groups is 1. The number of ether oxygens (including phenoxy) is 1. The third kappa shape index (κ3) is 4.31. The molecule has 1 amide bonds. The molecule has 4 rings (SSSR count). The summed E-state index contributed by atoms with van der Waals surface area (Å²) in [4.78, 5) is 18.0. The topological polar surface area (TPSA) is 53.9 Å². The Hall–Kier alpha value is -3.39. The lowest BCUT2D eigenvalue weighted by molar-refractivity contribution is -0.129. The molecule has 3 aromatic rings. The molecule has 1 unspecified atom stereocenters. The van der Waals surface area contributed by atoms with E-state index >= 15 is 0 Å². The maximum absolute atomic E-state index is 13.7. The first-order chi connectivity index (χ1) is 15.4. The van der Waals surface area contributed by atoms with E-state index in [1.165, 1.54) is 22.8 Å². The standard InChI is InChI=1S/C24H21F2N3O2S/c1-24(22(30)29(23(27-24)32-2)28-19-6-4-3-5-7-19)17-10-8-16(9-11-17)15-31-21-13-12-18(25)14-20(21)26/h3-14,28H,15H2,1-2H3. The number of hydrazine groups is 1. The minimum absolute atomic E-state index is 0.0229. The first-order valence-corrected chi connectivity index (χ1v) is 11.1. The summed E-state index contributed by atoms with van der Waals surface area (Å²) in [6, 6.07) is 19.8. The number of amides is 1. The van der Waals surface area contributed by atoms with Crippen molar-refractivity contribution in [1.82, 2.24) is 5.01 Å². The van der Waals surface area contributed by atoms with E-state index in [9.17, 15) is 13.6 Å².